The number of hydrogen-bond donors (Lipinski definition) is 1. The summed E-state index contributed by atoms with van der Waals surface area (Å²) in [6.07, 6.45) is 1.70. The van der Waals surface area contributed by atoms with Crippen LogP contribution in [0.1, 0.15) is 21.7 Å². The Balaban J connectivity index is 2.37. The molecule has 0 atom stereocenters. The van der Waals surface area contributed by atoms with Crippen LogP contribution in [-0.2, 0) is 0 Å². The first-order chi connectivity index (χ1) is 10.0. The third-order valence-corrected chi connectivity index (χ3v) is 3.93. The van der Waals surface area contributed by atoms with E-state index in [1.54, 1.807) is 25.3 Å². The quantitative estimate of drug-likeness (QED) is 0.778. The molecule has 0 fully saturated rings. The van der Waals surface area contributed by atoms with Gasteiger partial charge < -0.3 is 9.67 Å². The van der Waals surface area contributed by atoms with Gasteiger partial charge in [-0.3, -0.25) is 4.98 Å². The number of benzene rings is 1. The number of nitrogens with zero attached hydrogens (tertiary/aromatic N) is 2. The Hall–Kier alpha value is -2.33. The van der Waals surface area contributed by atoms with Gasteiger partial charge in [-0.2, -0.15) is 0 Å². The Morgan fingerprint density at radius 3 is 2.71 bits per heavy atom. The molecule has 1 N–H and O–H groups in total. The van der Waals surface area contributed by atoms with E-state index in [4.69, 9.17) is 11.6 Å². The van der Waals surface area contributed by atoms with Crippen molar-refractivity contribution >= 4 is 28.5 Å². The minimum atomic E-state index is -0.930. The highest BCUT2D eigenvalue weighted by molar-refractivity contribution is 6.35. The molecule has 0 bridgehead atoms. The molecule has 0 unspecified atom stereocenters. The minimum absolute atomic E-state index is 0.298. The van der Waals surface area contributed by atoms with E-state index in [9.17, 15) is 9.90 Å². The molecule has 3 rings (SSSR count). The summed E-state index contributed by atoms with van der Waals surface area (Å²) in [7, 11) is 0. The molecular formula is C16H13ClN2O2. The maximum absolute atomic E-state index is 11.3. The predicted octanol–water partition coefficient (Wildman–Crippen LogP) is 3.99. The number of carboxylic acid groups (broad SMARTS) is 1. The summed E-state index contributed by atoms with van der Waals surface area (Å²) < 4.78 is 1.90. The molecule has 1 aromatic carbocycles. The van der Waals surface area contributed by atoms with E-state index in [0.717, 1.165) is 22.3 Å². The van der Waals surface area contributed by atoms with Gasteiger partial charge in [-0.25, -0.2) is 4.79 Å². The fourth-order valence-electron chi connectivity index (χ4n) is 2.65. The number of pyridine rings is 1. The Labute approximate surface area is 126 Å². The SMILES string of the molecule is Cc1cc(C(=O)O)c(C)n1-c1ccc(Cl)c2cccnc12. The van der Waals surface area contributed by atoms with E-state index in [1.165, 1.54) is 0 Å². The lowest BCUT2D eigenvalue weighted by Gasteiger charge is -2.12. The van der Waals surface area contributed by atoms with Crippen LogP contribution in [-0.4, -0.2) is 20.6 Å². The van der Waals surface area contributed by atoms with E-state index in [2.05, 4.69) is 4.98 Å². The fourth-order valence-corrected chi connectivity index (χ4v) is 2.87. The molecule has 0 aliphatic rings. The van der Waals surface area contributed by atoms with E-state index in [1.807, 2.05) is 29.7 Å². The van der Waals surface area contributed by atoms with Gasteiger partial charge in [-0.1, -0.05) is 11.6 Å². The lowest BCUT2D eigenvalue weighted by molar-refractivity contribution is 0.0696. The van der Waals surface area contributed by atoms with Crippen LogP contribution in [0.25, 0.3) is 16.6 Å². The Morgan fingerprint density at radius 1 is 1.29 bits per heavy atom. The van der Waals surface area contributed by atoms with E-state index in [0.29, 0.717) is 16.3 Å². The van der Waals surface area contributed by atoms with E-state index in [-0.39, 0.29) is 0 Å². The normalized spacial score (nSPS) is 11.0. The first-order valence-corrected chi connectivity index (χ1v) is 6.84. The molecule has 0 aliphatic carbocycles. The first-order valence-electron chi connectivity index (χ1n) is 6.46. The van der Waals surface area contributed by atoms with Crippen LogP contribution in [0.5, 0.6) is 0 Å². The fraction of sp³-hybridized carbons (Fsp3) is 0.125. The molecule has 0 saturated heterocycles. The van der Waals surface area contributed by atoms with Crippen molar-refractivity contribution in [2.24, 2.45) is 0 Å². The second kappa shape index (κ2) is 4.90. The number of halogens is 1. The van der Waals surface area contributed by atoms with Crippen molar-refractivity contribution in [1.29, 1.82) is 0 Å². The Kier molecular flexibility index (Phi) is 3.18. The van der Waals surface area contributed by atoms with Crippen molar-refractivity contribution in [2.45, 2.75) is 13.8 Å². The van der Waals surface area contributed by atoms with Crippen LogP contribution in [0.15, 0.2) is 36.5 Å². The van der Waals surface area contributed by atoms with Crippen molar-refractivity contribution < 1.29 is 9.90 Å². The number of hydrogen-bond acceptors (Lipinski definition) is 2. The van der Waals surface area contributed by atoms with Gasteiger partial charge in [0.15, 0.2) is 0 Å². The highest BCUT2D eigenvalue weighted by Crippen LogP contribution is 2.30. The number of carbonyl (C=O) groups is 1. The largest absolute Gasteiger partial charge is 0.478 e. The zero-order valence-electron chi connectivity index (χ0n) is 11.6. The maximum Gasteiger partial charge on any atom is 0.337 e. The summed E-state index contributed by atoms with van der Waals surface area (Å²) >= 11 is 6.21. The molecule has 0 radical (unpaired) electrons. The summed E-state index contributed by atoms with van der Waals surface area (Å²) in [6, 6.07) is 9.07. The predicted molar refractivity (Wildman–Crippen MR) is 82.5 cm³/mol. The molecule has 2 heterocycles. The van der Waals surface area contributed by atoms with Crippen molar-refractivity contribution in [3.63, 3.8) is 0 Å². The Bertz CT molecular complexity index is 868. The molecular weight excluding hydrogens is 288 g/mol. The second-order valence-corrected chi connectivity index (χ2v) is 5.30. The van der Waals surface area contributed by atoms with Gasteiger partial charge in [-0.05, 0) is 44.2 Å². The van der Waals surface area contributed by atoms with Crippen LogP contribution >= 0.6 is 11.6 Å². The van der Waals surface area contributed by atoms with Crippen molar-refractivity contribution in [2.75, 3.05) is 0 Å². The molecule has 0 saturated carbocycles. The molecule has 4 nitrogen and oxygen atoms in total. The average molecular weight is 301 g/mol. The Morgan fingerprint density at radius 2 is 2.05 bits per heavy atom. The average Bonchev–Trinajstić information content (AvgIpc) is 2.76. The maximum atomic E-state index is 11.3. The number of rotatable bonds is 2. The molecule has 3 aromatic rings. The van der Waals surface area contributed by atoms with Crippen LogP contribution in [0.3, 0.4) is 0 Å². The smallest absolute Gasteiger partial charge is 0.337 e. The van der Waals surface area contributed by atoms with Crippen LogP contribution in [0.2, 0.25) is 5.02 Å². The summed E-state index contributed by atoms with van der Waals surface area (Å²) in [4.78, 5) is 15.7. The third kappa shape index (κ3) is 2.08. The molecule has 106 valence electrons. The number of carboxylic acids is 1. The third-order valence-electron chi connectivity index (χ3n) is 3.60. The summed E-state index contributed by atoms with van der Waals surface area (Å²) in [6.45, 7) is 3.67. The molecule has 2 aromatic heterocycles. The standard InChI is InChI=1S/C16H13ClN2O2/c1-9-8-12(16(20)21)10(2)19(9)14-6-5-13(17)11-4-3-7-18-15(11)14/h3-8H,1-2H3,(H,20,21). The topological polar surface area (TPSA) is 55.1 Å². The number of aromatic nitrogens is 2. The van der Waals surface area contributed by atoms with Crippen molar-refractivity contribution in [3.05, 3.63) is 58.5 Å². The second-order valence-electron chi connectivity index (χ2n) is 4.89. The van der Waals surface area contributed by atoms with Crippen LogP contribution in [0.4, 0.5) is 0 Å². The summed E-state index contributed by atoms with van der Waals surface area (Å²) in [5.74, 6) is -0.930. The number of aromatic carboxylic acids is 1. The monoisotopic (exact) mass is 300 g/mol. The molecule has 5 heteroatoms. The summed E-state index contributed by atoms with van der Waals surface area (Å²) in [5.41, 5.74) is 3.40. The van der Waals surface area contributed by atoms with Crippen LogP contribution < -0.4 is 0 Å². The number of aryl methyl sites for hydroxylation is 1. The van der Waals surface area contributed by atoms with Crippen molar-refractivity contribution in [1.82, 2.24) is 9.55 Å². The van der Waals surface area contributed by atoms with Crippen LogP contribution in [0, 0.1) is 13.8 Å². The van der Waals surface area contributed by atoms with Crippen molar-refractivity contribution in [3.8, 4) is 5.69 Å². The van der Waals surface area contributed by atoms with Gasteiger partial charge >= 0.3 is 5.97 Å². The summed E-state index contributed by atoms with van der Waals surface area (Å²) in [5, 5.41) is 10.7. The zero-order chi connectivity index (χ0) is 15.1. The molecule has 21 heavy (non-hydrogen) atoms. The first kappa shape index (κ1) is 13.6. The highest BCUT2D eigenvalue weighted by atomic mass is 35.5. The number of fused-ring (bicyclic) bond motifs is 1. The lowest BCUT2D eigenvalue weighted by Crippen LogP contribution is -2.03. The van der Waals surface area contributed by atoms with Gasteiger partial charge in [0.1, 0.15) is 0 Å². The van der Waals surface area contributed by atoms with Gasteiger partial charge in [0.2, 0.25) is 0 Å². The van der Waals surface area contributed by atoms with Gasteiger partial charge in [-0.15, -0.1) is 0 Å². The highest BCUT2D eigenvalue weighted by Gasteiger charge is 2.17. The van der Waals surface area contributed by atoms with E-state index >= 15 is 0 Å². The van der Waals surface area contributed by atoms with E-state index < -0.39 is 5.97 Å². The zero-order valence-corrected chi connectivity index (χ0v) is 12.3. The van der Waals surface area contributed by atoms with Gasteiger partial charge in [0.25, 0.3) is 0 Å². The molecule has 0 amide bonds. The molecule has 0 spiro atoms. The van der Waals surface area contributed by atoms with Gasteiger partial charge in [0, 0.05) is 23.0 Å². The minimum Gasteiger partial charge on any atom is -0.478 e. The van der Waals surface area contributed by atoms with Gasteiger partial charge in [0.05, 0.1) is 21.8 Å². The molecule has 0 aliphatic heterocycles. The lowest BCUT2D eigenvalue weighted by atomic mass is 10.2.